The first-order valence-corrected chi connectivity index (χ1v) is 6.57. The number of hydrogen-bond acceptors (Lipinski definition) is 2. The molecule has 1 fully saturated rings. The Morgan fingerprint density at radius 3 is 3.00 bits per heavy atom. The molecule has 0 aromatic heterocycles. The summed E-state index contributed by atoms with van der Waals surface area (Å²) < 4.78 is 0. The highest BCUT2D eigenvalue weighted by Gasteiger charge is 2.18. The van der Waals surface area contributed by atoms with Crippen molar-refractivity contribution in [2.75, 3.05) is 6.54 Å². The van der Waals surface area contributed by atoms with Gasteiger partial charge >= 0.3 is 0 Å². The fraction of sp³-hybridized carbons (Fsp3) is 0.500. The highest BCUT2D eigenvalue weighted by molar-refractivity contribution is 6.67. The van der Waals surface area contributed by atoms with E-state index in [1.807, 2.05) is 12.1 Å². The molecule has 1 aromatic carbocycles. The molecule has 0 radical (unpaired) electrons. The number of rotatable bonds is 3. The summed E-state index contributed by atoms with van der Waals surface area (Å²) in [6.07, 6.45) is 3.88. The Balaban J connectivity index is 2.07. The zero-order valence-electron chi connectivity index (χ0n) is 10.2. The minimum Gasteiger partial charge on any atom is -0.296 e. The number of benzene rings is 1. The lowest BCUT2D eigenvalue weighted by molar-refractivity contribution is 0.108. The molecule has 1 heterocycles. The summed E-state index contributed by atoms with van der Waals surface area (Å²) in [4.78, 5) is 13.6. The Bertz CT molecular complexity index is 405. The Morgan fingerprint density at radius 2 is 2.29 bits per heavy atom. The molecule has 3 heteroatoms. The maximum Gasteiger partial charge on any atom is 0.252 e. The first-order chi connectivity index (χ1) is 8.16. The first-order valence-electron chi connectivity index (χ1n) is 6.19. The summed E-state index contributed by atoms with van der Waals surface area (Å²) in [7, 11) is 0. The van der Waals surface area contributed by atoms with Crippen LogP contribution in [0.15, 0.2) is 24.3 Å². The molecule has 1 atom stereocenters. The van der Waals surface area contributed by atoms with Crippen LogP contribution in [0.2, 0.25) is 0 Å². The second kappa shape index (κ2) is 5.65. The molecule has 1 aliphatic rings. The highest BCUT2D eigenvalue weighted by atomic mass is 35.5. The molecule has 1 unspecified atom stereocenters. The standard InChI is InChI=1S/C14H18ClNO/c1-11-5-2-3-8-16(11)10-12-6-4-7-13(9-12)14(15)17/h4,6-7,9,11H,2-3,5,8,10H2,1H3. The van der Waals surface area contributed by atoms with Crippen LogP contribution in [0, 0.1) is 0 Å². The lowest BCUT2D eigenvalue weighted by Gasteiger charge is -2.33. The first kappa shape index (κ1) is 12.6. The van der Waals surface area contributed by atoms with E-state index in [-0.39, 0.29) is 5.24 Å². The minimum atomic E-state index is -0.376. The van der Waals surface area contributed by atoms with Gasteiger partial charge in [0.05, 0.1) is 0 Å². The Kier molecular flexibility index (Phi) is 4.19. The molecule has 0 amide bonds. The number of piperidine rings is 1. The van der Waals surface area contributed by atoms with Gasteiger partial charge in [-0.1, -0.05) is 24.6 Å². The quantitative estimate of drug-likeness (QED) is 0.767. The van der Waals surface area contributed by atoms with Crippen molar-refractivity contribution in [3.8, 4) is 0 Å². The number of carbonyl (C=O) groups is 1. The molecular weight excluding hydrogens is 234 g/mol. The van der Waals surface area contributed by atoms with E-state index >= 15 is 0 Å². The van der Waals surface area contributed by atoms with E-state index in [4.69, 9.17) is 11.6 Å². The predicted octanol–water partition coefficient (Wildman–Crippen LogP) is 3.44. The fourth-order valence-electron chi connectivity index (χ4n) is 2.42. The lowest BCUT2D eigenvalue weighted by atomic mass is 10.0. The van der Waals surface area contributed by atoms with Crippen LogP contribution in [0.1, 0.15) is 42.1 Å². The molecule has 0 spiro atoms. The van der Waals surface area contributed by atoms with Gasteiger partial charge in [0.15, 0.2) is 0 Å². The van der Waals surface area contributed by atoms with E-state index < -0.39 is 0 Å². The Morgan fingerprint density at radius 1 is 1.47 bits per heavy atom. The summed E-state index contributed by atoms with van der Waals surface area (Å²) in [5.74, 6) is 0. The third-order valence-electron chi connectivity index (χ3n) is 3.48. The molecule has 0 saturated carbocycles. The van der Waals surface area contributed by atoms with Gasteiger partial charge in [-0.15, -0.1) is 0 Å². The van der Waals surface area contributed by atoms with Gasteiger partial charge in [0.25, 0.3) is 5.24 Å². The fourth-order valence-corrected chi connectivity index (χ4v) is 2.54. The van der Waals surface area contributed by atoms with E-state index in [0.29, 0.717) is 11.6 Å². The van der Waals surface area contributed by atoms with Crippen molar-refractivity contribution < 1.29 is 4.79 Å². The SMILES string of the molecule is CC1CCCCN1Cc1cccc(C(=O)Cl)c1. The van der Waals surface area contributed by atoms with Gasteiger partial charge in [0, 0.05) is 18.2 Å². The zero-order chi connectivity index (χ0) is 12.3. The van der Waals surface area contributed by atoms with Crippen molar-refractivity contribution in [3.05, 3.63) is 35.4 Å². The number of carbonyl (C=O) groups excluding carboxylic acids is 1. The normalized spacial score (nSPS) is 21.4. The van der Waals surface area contributed by atoms with E-state index in [0.717, 1.165) is 13.1 Å². The number of nitrogens with zero attached hydrogens (tertiary/aromatic N) is 1. The Hall–Kier alpha value is -0.860. The van der Waals surface area contributed by atoms with Crippen LogP contribution in [0.4, 0.5) is 0 Å². The van der Waals surface area contributed by atoms with Crippen LogP contribution < -0.4 is 0 Å². The lowest BCUT2D eigenvalue weighted by Crippen LogP contribution is -2.36. The van der Waals surface area contributed by atoms with Crippen LogP contribution in [0.25, 0.3) is 0 Å². The van der Waals surface area contributed by atoms with E-state index in [2.05, 4.69) is 17.9 Å². The largest absolute Gasteiger partial charge is 0.296 e. The molecule has 17 heavy (non-hydrogen) atoms. The monoisotopic (exact) mass is 251 g/mol. The van der Waals surface area contributed by atoms with Crippen molar-refractivity contribution >= 4 is 16.8 Å². The third kappa shape index (κ3) is 3.30. The molecule has 2 nitrogen and oxygen atoms in total. The number of likely N-dealkylation sites (tertiary alicyclic amines) is 1. The molecule has 1 aliphatic heterocycles. The maximum atomic E-state index is 11.1. The van der Waals surface area contributed by atoms with E-state index in [1.54, 1.807) is 6.07 Å². The van der Waals surface area contributed by atoms with E-state index in [9.17, 15) is 4.79 Å². The van der Waals surface area contributed by atoms with Crippen molar-refractivity contribution in [2.24, 2.45) is 0 Å². The highest BCUT2D eigenvalue weighted by Crippen LogP contribution is 2.19. The summed E-state index contributed by atoms with van der Waals surface area (Å²) in [6.45, 7) is 4.34. The molecule has 1 aromatic rings. The minimum absolute atomic E-state index is 0.376. The second-order valence-electron chi connectivity index (χ2n) is 4.79. The van der Waals surface area contributed by atoms with Crippen LogP contribution in [-0.4, -0.2) is 22.7 Å². The average molecular weight is 252 g/mol. The Labute approximate surface area is 108 Å². The predicted molar refractivity (Wildman–Crippen MR) is 70.3 cm³/mol. The van der Waals surface area contributed by atoms with Crippen LogP contribution in [0.3, 0.4) is 0 Å². The third-order valence-corrected chi connectivity index (χ3v) is 3.70. The molecular formula is C14H18ClNO. The smallest absolute Gasteiger partial charge is 0.252 e. The van der Waals surface area contributed by atoms with Crippen molar-refractivity contribution in [1.29, 1.82) is 0 Å². The molecule has 2 rings (SSSR count). The van der Waals surface area contributed by atoms with Gasteiger partial charge in [0.2, 0.25) is 0 Å². The van der Waals surface area contributed by atoms with Crippen LogP contribution in [-0.2, 0) is 6.54 Å². The molecule has 1 saturated heterocycles. The van der Waals surface area contributed by atoms with Gasteiger partial charge in [-0.05, 0) is 49.5 Å². The topological polar surface area (TPSA) is 20.3 Å². The van der Waals surface area contributed by atoms with Gasteiger partial charge in [-0.3, -0.25) is 9.69 Å². The van der Waals surface area contributed by atoms with E-state index in [1.165, 1.54) is 24.8 Å². The van der Waals surface area contributed by atoms with Crippen LogP contribution >= 0.6 is 11.6 Å². The number of hydrogen-bond donors (Lipinski definition) is 0. The average Bonchev–Trinajstić information content (AvgIpc) is 2.32. The summed E-state index contributed by atoms with van der Waals surface area (Å²) in [5, 5.41) is -0.376. The van der Waals surface area contributed by atoms with Crippen molar-refractivity contribution in [1.82, 2.24) is 4.90 Å². The summed E-state index contributed by atoms with van der Waals surface area (Å²) >= 11 is 5.49. The molecule has 0 N–H and O–H groups in total. The number of halogens is 1. The van der Waals surface area contributed by atoms with Gasteiger partial charge in [0.1, 0.15) is 0 Å². The molecule has 0 aliphatic carbocycles. The maximum absolute atomic E-state index is 11.1. The summed E-state index contributed by atoms with van der Waals surface area (Å²) in [6, 6.07) is 8.26. The van der Waals surface area contributed by atoms with Gasteiger partial charge < -0.3 is 0 Å². The zero-order valence-corrected chi connectivity index (χ0v) is 10.9. The molecule has 92 valence electrons. The summed E-state index contributed by atoms with van der Waals surface area (Å²) in [5.41, 5.74) is 1.76. The second-order valence-corrected chi connectivity index (χ2v) is 5.13. The van der Waals surface area contributed by atoms with Crippen molar-refractivity contribution in [2.45, 2.75) is 38.8 Å². The van der Waals surface area contributed by atoms with Gasteiger partial charge in [-0.2, -0.15) is 0 Å². The van der Waals surface area contributed by atoms with Crippen molar-refractivity contribution in [3.63, 3.8) is 0 Å². The van der Waals surface area contributed by atoms with Gasteiger partial charge in [-0.25, -0.2) is 0 Å². The van der Waals surface area contributed by atoms with Crippen LogP contribution in [0.5, 0.6) is 0 Å². The molecule has 0 bridgehead atoms.